The van der Waals surface area contributed by atoms with Gasteiger partial charge in [0.1, 0.15) is 17.1 Å². The first-order valence-electron chi connectivity index (χ1n) is 9.35. The molecule has 0 radical (unpaired) electrons. The van der Waals surface area contributed by atoms with Gasteiger partial charge in [-0.05, 0) is 32.0 Å². The molecule has 1 atom stereocenters. The molecule has 2 aromatic rings. The lowest BCUT2D eigenvalue weighted by molar-refractivity contribution is -0.123. The Labute approximate surface area is 180 Å². The number of hydrogen-bond acceptors (Lipinski definition) is 8. The van der Waals surface area contributed by atoms with Crippen molar-refractivity contribution in [2.24, 2.45) is 5.41 Å². The minimum atomic E-state index is -3.98. The predicted octanol–water partition coefficient (Wildman–Crippen LogP) is 3.11. The lowest BCUT2D eigenvalue weighted by Crippen LogP contribution is -2.41. The zero-order valence-electron chi connectivity index (χ0n) is 17.8. The second kappa shape index (κ2) is 7.78. The summed E-state index contributed by atoms with van der Waals surface area (Å²) in [7, 11) is -2.43. The Balaban J connectivity index is 1.86. The molecule has 11 heteroatoms. The predicted molar refractivity (Wildman–Crippen MR) is 113 cm³/mol. The van der Waals surface area contributed by atoms with Crippen molar-refractivity contribution < 1.29 is 22.7 Å². The summed E-state index contributed by atoms with van der Waals surface area (Å²) in [5.74, 6) is 0.919. The summed E-state index contributed by atoms with van der Waals surface area (Å²) >= 11 is 0.801. The van der Waals surface area contributed by atoms with Crippen molar-refractivity contribution in [1.82, 2.24) is 14.9 Å². The highest BCUT2D eigenvalue weighted by molar-refractivity contribution is 7.91. The van der Waals surface area contributed by atoms with Crippen molar-refractivity contribution in [3.8, 4) is 11.5 Å². The summed E-state index contributed by atoms with van der Waals surface area (Å²) in [4.78, 5) is 12.1. The summed E-state index contributed by atoms with van der Waals surface area (Å²) in [5.41, 5.74) is -0.524. The zero-order chi connectivity index (χ0) is 22.3. The Bertz CT molecular complexity index is 1060. The number of anilines is 1. The molecule has 0 spiro atoms. The van der Waals surface area contributed by atoms with Crippen LogP contribution in [0.3, 0.4) is 0 Å². The van der Waals surface area contributed by atoms with Gasteiger partial charge in [0.15, 0.2) is 0 Å². The average molecular weight is 455 g/mol. The monoisotopic (exact) mass is 454 g/mol. The van der Waals surface area contributed by atoms with Gasteiger partial charge in [-0.15, -0.1) is 10.2 Å². The Morgan fingerprint density at radius 1 is 1.30 bits per heavy atom. The van der Waals surface area contributed by atoms with Crippen LogP contribution in [0.1, 0.15) is 52.6 Å². The number of benzene rings is 1. The highest BCUT2D eigenvalue weighted by Crippen LogP contribution is 2.42. The molecule has 1 aromatic heterocycles. The van der Waals surface area contributed by atoms with Crippen molar-refractivity contribution in [3.05, 3.63) is 23.8 Å². The Morgan fingerprint density at radius 3 is 2.63 bits per heavy atom. The molecule has 0 bridgehead atoms. The van der Waals surface area contributed by atoms with Crippen LogP contribution < -0.4 is 19.5 Å². The highest BCUT2D eigenvalue weighted by atomic mass is 32.2. The molecule has 0 fully saturated rings. The molecule has 1 aliphatic rings. The minimum absolute atomic E-state index is 0.129. The van der Waals surface area contributed by atoms with Crippen molar-refractivity contribution in [2.45, 2.75) is 57.0 Å². The van der Waals surface area contributed by atoms with Crippen LogP contribution in [0.4, 0.5) is 5.13 Å². The van der Waals surface area contributed by atoms with Crippen LogP contribution >= 0.6 is 11.3 Å². The number of nitrogens with zero attached hydrogens (tertiary/aromatic N) is 2. The SMILES string of the molecule is COc1ccc2c(c1)[C@@H](NS(=O)(=O)c1nnc(NC(=O)C(C)(C)C)s1)CC(C)(C)O2. The first-order chi connectivity index (χ1) is 13.8. The van der Waals surface area contributed by atoms with Gasteiger partial charge in [-0.25, -0.2) is 13.1 Å². The van der Waals surface area contributed by atoms with Crippen LogP contribution in [-0.4, -0.2) is 37.2 Å². The fraction of sp³-hybridized carbons (Fsp3) is 0.526. The van der Waals surface area contributed by atoms with Crippen LogP contribution in [0, 0.1) is 5.41 Å². The van der Waals surface area contributed by atoms with Gasteiger partial charge >= 0.3 is 0 Å². The van der Waals surface area contributed by atoms with E-state index < -0.39 is 27.1 Å². The van der Waals surface area contributed by atoms with Gasteiger partial charge in [-0.1, -0.05) is 32.1 Å². The van der Waals surface area contributed by atoms with Gasteiger partial charge in [0.25, 0.3) is 10.0 Å². The number of rotatable bonds is 5. The maximum atomic E-state index is 13.0. The minimum Gasteiger partial charge on any atom is -0.497 e. The van der Waals surface area contributed by atoms with E-state index in [-0.39, 0.29) is 15.4 Å². The third-order valence-corrected chi connectivity index (χ3v) is 7.19. The number of methoxy groups -OCH3 is 1. The van der Waals surface area contributed by atoms with Crippen molar-refractivity contribution >= 4 is 32.4 Å². The second-order valence-corrected chi connectivity index (χ2v) is 11.6. The third-order valence-electron chi connectivity index (χ3n) is 4.51. The molecule has 0 aliphatic carbocycles. The van der Waals surface area contributed by atoms with Crippen LogP contribution in [0.25, 0.3) is 0 Å². The number of fused-ring (bicyclic) bond motifs is 1. The lowest BCUT2D eigenvalue weighted by atomic mass is 9.90. The maximum absolute atomic E-state index is 13.0. The number of aromatic nitrogens is 2. The van der Waals surface area contributed by atoms with Gasteiger partial charge in [0, 0.05) is 17.4 Å². The highest BCUT2D eigenvalue weighted by Gasteiger charge is 2.37. The van der Waals surface area contributed by atoms with E-state index in [0.717, 1.165) is 11.3 Å². The second-order valence-electron chi connectivity index (χ2n) is 8.72. The summed E-state index contributed by atoms with van der Waals surface area (Å²) in [6.07, 6.45) is 0.415. The van der Waals surface area contributed by atoms with Gasteiger partial charge in [-0.3, -0.25) is 4.79 Å². The molecule has 1 aliphatic heterocycles. The van der Waals surface area contributed by atoms with E-state index in [4.69, 9.17) is 9.47 Å². The molecule has 2 N–H and O–H groups in total. The first-order valence-corrected chi connectivity index (χ1v) is 11.6. The normalized spacial score (nSPS) is 18.3. The number of carbonyl (C=O) groups is 1. The number of sulfonamides is 1. The Kier molecular flexibility index (Phi) is 5.82. The van der Waals surface area contributed by atoms with Gasteiger partial charge in [-0.2, -0.15) is 0 Å². The van der Waals surface area contributed by atoms with Crippen LogP contribution in [0.2, 0.25) is 0 Å². The van der Waals surface area contributed by atoms with Gasteiger partial charge in [0.2, 0.25) is 15.4 Å². The molecule has 0 saturated heterocycles. The van der Waals surface area contributed by atoms with Gasteiger partial charge in [0.05, 0.1) is 13.2 Å². The number of hydrogen-bond donors (Lipinski definition) is 2. The molecule has 164 valence electrons. The standard InChI is InChI=1S/C19H26N4O5S2/c1-18(2,3)15(24)20-16-21-22-17(29-16)30(25,26)23-13-10-19(4,5)28-14-8-7-11(27-6)9-12(13)14/h7-9,13,23H,10H2,1-6H3,(H,20,21,24)/t13-/m0/s1. The quantitative estimate of drug-likeness (QED) is 0.666. The van der Waals surface area contributed by atoms with Crippen molar-refractivity contribution in [1.29, 1.82) is 0 Å². The van der Waals surface area contributed by atoms with Crippen molar-refractivity contribution in [3.63, 3.8) is 0 Å². The van der Waals surface area contributed by atoms with Crippen LogP contribution in [-0.2, 0) is 14.8 Å². The summed E-state index contributed by atoms with van der Waals surface area (Å²) in [6.45, 7) is 9.04. The molecule has 1 amide bonds. The van der Waals surface area contributed by atoms with E-state index in [9.17, 15) is 13.2 Å². The summed E-state index contributed by atoms with van der Waals surface area (Å²) < 4.78 is 39.7. The van der Waals surface area contributed by atoms with E-state index in [1.54, 1.807) is 46.1 Å². The Hall–Kier alpha value is -2.24. The summed E-state index contributed by atoms with van der Waals surface area (Å²) in [5, 5.41) is 10.3. The molecule has 1 aromatic carbocycles. The number of ether oxygens (including phenoxy) is 2. The Morgan fingerprint density at radius 2 is 2.00 bits per heavy atom. The smallest absolute Gasteiger partial charge is 0.270 e. The molecular formula is C19H26N4O5S2. The topological polar surface area (TPSA) is 120 Å². The fourth-order valence-corrected chi connectivity index (χ4v) is 5.08. The van der Waals surface area contributed by atoms with Gasteiger partial charge < -0.3 is 14.8 Å². The number of amides is 1. The molecule has 9 nitrogen and oxygen atoms in total. The third kappa shape index (κ3) is 4.90. The van der Waals surface area contributed by atoms with E-state index in [1.165, 1.54) is 0 Å². The molecule has 0 saturated carbocycles. The van der Waals surface area contributed by atoms with E-state index in [0.29, 0.717) is 23.5 Å². The van der Waals surface area contributed by atoms with Crippen LogP contribution in [0.15, 0.2) is 22.5 Å². The average Bonchev–Trinajstić information content (AvgIpc) is 3.09. The largest absolute Gasteiger partial charge is 0.497 e. The van der Waals surface area contributed by atoms with E-state index in [1.807, 2.05) is 13.8 Å². The fourth-order valence-electron chi connectivity index (χ4n) is 2.96. The maximum Gasteiger partial charge on any atom is 0.270 e. The molecule has 0 unspecified atom stereocenters. The first kappa shape index (κ1) is 22.4. The van der Waals surface area contributed by atoms with Crippen LogP contribution in [0.5, 0.6) is 11.5 Å². The molecular weight excluding hydrogens is 428 g/mol. The molecule has 2 heterocycles. The zero-order valence-corrected chi connectivity index (χ0v) is 19.4. The number of nitrogens with one attached hydrogen (secondary N) is 2. The molecule has 3 rings (SSSR count). The van der Waals surface area contributed by atoms with Crippen molar-refractivity contribution in [2.75, 3.05) is 12.4 Å². The number of carbonyl (C=O) groups excluding carboxylic acids is 1. The van der Waals surface area contributed by atoms with E-state index >= 15 is 0 Å². The molecule has 30 heavy (non-hydrogen) atoms. The lowest BCUT2D eigenvalue weighted by Gasteiger charge is -2.37. The van der Waals surface area contributed by atoms with E-state index in [2.05, 4.69) is 20.2 Å². The summed E-state index contributed by atoms with van der Waals surface area (Å²) in [6, 6.07) is 4.75.